The fraction of sp³-hybridized carbons (Fsp3) is 0.875. The summed E-state index contributed by atoms with van der Waals surface area (Å²) < 4.78 is 19.2. The van der Waals surface area contributed by atoms with Gasteiger partial charge in [0.05, 0.1) is 32.0 Å². The maximum atomic E-state index is 14.4. The topological polar surface area (TPSA) is 94.5 Å². The summed E-state index contributed by atoms with van der Waals surface area (Å²) in [6, 6.07) is 0. The Morgan fingerprint density at radius 2 is 1.97 bits per heavy atom. The number of Topliss-reactive ketones (excluding diaryl/α,β-unsaturated/α-hetero) is 1. The molecule has 1 saturated heterocycles. The van der Waals surface area contributed by atoms with E-state index in [4.69, 9.17) is 20.1 Å². The Hall–Kier alpha value is -0.480. The van der Waals surface area contributed by atoms with Crippen LogP contribution in [0.15, 0.2) is 11.1 Å². The molecule has 182 valence electrons. The average Bonchev–Trinajstić information content (AvgIpc) is 2.75. The van der Waals surface area contributed by atoms with Crippen molar-refractivity contribution in [3.8, 4) is 0 Å². The van der Waals surface area contributed by atoms with Crippen molar-refractivity contribution in [1.29, 1.82) is 0 Å². The molecule has 8 heteroatoms. The van der Waals surface area contributed by atoms with Gasteiger partial charge in [0.2, 0.25) is 0 Å². The molecule has 0 aromatic heterocycles. The Morgan fingerprint density at radius 3 is 2.53 bits per heavy atom. The van der Waals surface area contributed by atoms with Crippen LogP contribution in [0.1, 0.15) is 55.8 Å². The molecule has 7 nitrogen and oxygen atoms in total. The highest BCUT2D eigenvalue weighted by Gasteiger charge is 2.75. The minimum absolute atomic E-state index is 0.0139. The Balaban J connectivity index is 1.97. The van der Waals surface area contributed by atoms with Gasteiger partial charge in [0.25, 0.3) is 0 Å². The Labute approximate surface area is 196 Å². The molecule has 32 heavy (non-hydrogen) atoms. The number of ketones is 1. The smallest absolute Gasteiger partial charge is 0.159 e. The van der Waals surface area contributed by atoms with Gasteiger partial charge in [0.1, 0.15) is 11.4 Å². The lowest BCUT2D eigenvalue weighted by Gasteiger charge is -2.67. The summed E-state index contributed by atoms with van der Waals surface area (Å²) in [5, 5.41) is 24.5. The van der Waals surface area contributed by atoms with Crippen LogP contribution in [0.2, 0.25) is 0 Å². The molecule has 3 aliphatic carbocycles. The lowest BCUT2D eigenvalue weighted by atomic mass is 9.42. The van der Waals surface area contributed by atoms with Crippen LogP contribution < -0.4 is 0 Å². The van der Waals surface area contributed by atoms with Crippen LogP contribution in [-0.4, -0.2) is 65.5 Å². The summed E-state index contributed by atoms with van der Waals surface area (Å²) in [7, 11) is 1.42. The first-order chi connectivity index (χ1) is 15.3. The first-order valence-corrected chi connectivity index (χ1v) is 12.3. The van der Waals surface area contributed by atoms with Gasteiger partial charge >= 0.3 is 0 Å². The van der Waals surface area contributed by atoms with E-state index in [9.17, 15) is 15.0 Å². The highest BCUT2D eigenvalue weighted by atomic mass is 32.2. The molecular formula is C24H38O7S. The molecule has 0 aromatic carbocycles. The first kappa shape index (κ1) is 23.3. The van der Waals surface area contributed by atoms with Crippen LogP contribution in [0.25, 0.3) is 0 Å². The number of hydrogen-bond acceptors (Lipinski definition) is 8. The number of aliphatic hydroxyl groups is 2. The highest BCUT2D eigenvalue weighted by molar-refractivity contribution is 7.93. The third-order valence-electron chi connectivity index (χ3n) is 9.56. The summed E-state index contributed by atoms with van der Waals surface area (Å²) in [6.45, 7) is 11.8. The van der Waals surface area contributed by atoms with Gasteiger partial charge in [-0.15, -0.1) is 0 Å². The second-order valence-electron chi connectivity index (χ2n) is 11.0. The van der Waals surface area contributed by atoms with Crippen LogP contribution in [0.5, 0.6) is 0 Å². The fourth-order valence-electron chi connectivity index (χ4n) is 7.60. The van der Waals surface area contributed by atoms with Crippen molar-refractivity contribution < 1.29 is 35.1 Å². The molecule has 1 heterocycles. The predicted octanol–water partition coefficient (Wildman–Crippen LogP) is 3.08. The van der Waals surface area contributed by atoms with Crippen molar-refractivity contribution in [2.45, 2.75) is 83.9 Å². The van der Waals surface area contributed by atoms with E-state index < -0.39 is 46.1 Å². The van der Waals surface area contributed by atoms with E-state index in [1.54, 1.807) is 0 Å². The van der Waals surface area contributed by atoms with Crippen molar-refractivity contribution in [1.82, 2.24) is 0 Å². The van der Waals surface area contributed by atoms with Gasteiger partial charge in [-0.25, -0.2) is 9.78 Å². The Bertz CT molecular complexity index is 849. The second kappa shape index (κ2) is 7.77. The van der Waals surface area contributed by atoms with Crippen LogP contribution in [-0.2, 0) is 23.5 Å². The summed E-state index contributed by atoms with van der Waals surface area (Å²) in [6.07, 6.45) is -1.38. The highest BCUT2D eigenvalue weighted by Crippen LogP contribution is 2.65. The molecule has 3 fully saturated rings. The van der Waals surface area contributed by atoms with Crippen LogP contribution in [0, 0.1) is 28.6 Å². The van der Waals surface area contributed by atoms with Gasteiger partial charge in [-0.3, -0.25) is 4.79 Å². The van der Waals surface area contributed by atoms with E-state index in [1.165, 1.54) is 7.11 Å². The summed E-state index contributed by atoms with van der Waals surface area (Å²) in [4.78, 5) is 25.4. The molecule has 4 rings (SSSR count). The van der Waals surface area contributed by atoms with Crippen LogP contribution >= 0.6 is 12.0 Å². The quantitative estimate of drug-likeness (QED) is 0.279. The van der Waals surface area contributed by atoms with Crippen molar-refractivity contribution in [2.24, 2.45) is 28.6 Å². The number of fused-ring (bicyclic) bond motifs is 5. The molecule has 1 aliphatic heterocycles. The predicted molar refractivity (Wildman–Crippen MR) is 121 cm³/mol. The summed E-state index contributed by atoms with van der Waals surface area (Å²) in [5.74, 6) is -1.29. The van der Waals surface area contributed by atoms with E-state index >= 15 is 0 Å². The maximum absolute atomic E-state index is 14.4. The van der Waals surface area contributed by atoms with E-state index in [2.05, 4.69) is 0 Å². The number of hydrogen-bond donors (Lipinski definition) is 2. The van der Waals surface area contributed by atoms with Gasteiger partial charge in [0, 0.05) is 36.7 Å². The summed E-state index contributed by atoms with van der Waals surface area (Å²) in [5.41, 5.74) is -2.77. The Kier molecular flexibility index (Phi) is 5.65. The molecular weight excluding hydrogens is 432 g/mol. The zero-order valence-corrected chi connectivity index (χ0v) is 21.0. The van der Waals surface area contributed by atoms with E-state index in [1.807, 2.05) is 41.5 Å². The van der Waals surface area contributed by atoms with E-state index in [0.29, 0.717) is 6.42 Å². The zero-order valence-electron chi connectivity index (χ0n) is 21.1. The van der Waals surface area contributed by atoms with E-state index in [0.717, 1.165) is 23.2 Å². The molecule has 2 bridgehead atoms. The Morgan fingerprint density at radius 1 is 1.28 bits per heavy atom. The molecule has 0 aromatic rings. The molecule has 9 atom stereocenters. The lowest BCUT2D eigenvalue weighted by Crippen LogP contribution is -2.79. The summed E-state index contributed by atoms with van der Waals surface area (Å²) >= 11 is 1.00. The van der Waals surface area contributed by atoms with Crippen LogP contribution in [0.4, 0.5) is 0 Å². The minimum Gasteiger partial charge on any atom is -0.390 e. The van der Waals surface area contributed by atoms with Gasteiger partial charge in [0.15, 0.2) is 5.60 Å². The number of ether oxygens (including phenoxy) is 1. The van der Waals surface area contributed by atoms with Crippen molar-refractivity contribution >= 4 is 17.8 Å². The largest absolute Gasteiger partial charge is 0.390 e. The SMILES string of the molecule is [3H]CSO[C@H]1C[C@@]2(O)[C@@H](O)[C@@H]3[C@]4(OOC)CO[C@@H]4C[C@H](C)[C@@]3(C)C(=O)[C@H](C)C(=C1C)C2(C)C. The van der Waals surface area contributed by atoms with Crippen molar-refractivity contribution in [3.63, 3.8) is 0 Å². The second-order valence-corrected chi connectivity index (χ2v) is 11.4. The lowest BCUT2D eigenvalue weighted by molar-refractivity contribution is -0.456. The molecule has 2 saturated carbocycles. The monoisotopic (exact) mass is 472 g/mol. The van der Waals surface area contributed by atoms with Gasteiger partial charge in [-0.1, -0.05) is 34.6 Å². The van der Waals surface area contributed by atoms with Crippen molar-refractivity contribution in [2.75, 3.05) is 19.9 Å². The molecule has 4 aliphatic rings. The molecule has 2 N–H and O–H groups in total. The van der Waals surface area contributed by atoms with Gasteiger partial charge in [-0.2, -0.15) is 0 Å². The molecule has 0 radical (unpaired) electrons. The molecule has 0 amide bonds. The molecule has 0 unspecified atom stereocenters. The average molecular weight is 473 g/mol. The third-order valence-corrected chi connectivity index (χ3v) is 9.93. The van der Waals surface area contributed by atoms with Crippen LogP contribution in [0.3, 0.4) is 0 Å². The minimum atomic E-state index is -1.60. The number of aliphatic hydroxyl groups excluding tert-OH is 1. The zero-order chi connectivity index (χ0) is 24.6. The van der Waals surface area contributed by atoms with Gasteiger partial charge in [-0.05, 0) is 42.5 Å². The third kappa shape index (κ3) is 2.81. The van der Waals surface area contributed by atoms with E-state index in [-0.39, 0.29) is 37.1 Å². The normalized spacial score (nSPS) is 50.5. The number of carbonyl (C=O) groups excluding carboxylic acids is 1. The standard InChI is InChI=1S/C24H38O7S/c1-12-9-16-23(11-29-16,31-28-7)18-20(26)24(27)10-15(30-32-8)13(2)17(21(24,4)5)14(3)19(25)22(12,18)6/h12,14-16,18,20,26-27H,9-11H2,1-8H3/t12-,14+,15-,16+,18-,20-,22+,23-,24+/m0/s1/i8T. The van der Waals surface area contributed by atoms with Gasteiger partial charge < -0.3 is 19.1 Å². The fourth-order valence-corrected chi connectivity index (χ4v) is 7.98. The first-order valence-electron chi connectivity index (χ1n) is 12.1. The maximum Gasteiger partial charge on any atom is 0.159 e. The molecule has 0 spiro atoms. The number of carbonyl (C=O) groups is 1. The number of rotatable bonds is 4. The van der Waals surface area contributed by atoms with Crippen molar-refractivity contribution in [3.05, 3.63) is 11.1 Å².